The number of halogens is 1. The van der Waals surface area contributed by atoms with Gasteiger partial charge in [0.2, 0.25) is 11.8 Å². The number of nitrogens with two attached hydrogens (primary N) is 1. The summed E-state index contributed by atoms with van der Waals surface area (Å²) in [6, 6.07) is 4.60. The molecule has 2 aromatic rings. The van der Waals surface area contributed by atoms with Gasteiger partial charge >= 0.3 is 0 Å². The van der Waals surface area contributed by atoms with Gasteiger partial charge in [0.1, 0.15) is 0 Å². The zero-order valence-corrected chi connectivity index (χ0v) is 16.5. The number of ether oxygens (including phenoxy) is 1. The Morgan fingerprint density at radius 1 is 1.27 bits per heavy atom. The van der Waals surface area contributed by atoms with Crippen molar-refractivity contribution >= 4 is 46.7 Å². The summed E-state index contributed by atoms with van der Waals surface area (Å²) in [7, 11) is 3.05. The highest BCUT2D eigenvalue weighted by molar-refractivity contribution is 8.03. The molecular formula is C15H17FN4O3S3. The van der Waals surface area contributed by atoms with E-state index in [1.54, 1.807) is 13.1 Å². The van der Waals surface area contributed by atoms with E-state index < -0.39 is 11.7 Å². The highest BCUT2D eigenvalue weighted by Gasteiger charge is 2.14. The maximum absolute atomic E-state index is 13.7. The highest BCUT2D eigenvalue weighted by Crippen LogP contribution is 2.28. The minimum atomic E-state index is -0.463. The zero-order valence-electron chi connectivity index (χ0n) is 14.1. The Morgan fingerprint density at radius 3 is 2.50 bits per heavy atom. The molecule has 26 heavy (non-hydrogen) atoms. The lowest BCUT2D eigenvalue weighted by Gasteiger charge is -2.17. The van der Waals surface area contributed by atoms with Gasteiger partial charge in [-0.25, -0.2) is 4.39 Å². The zero-order chi connectivity index (χ0) is 19.1. The van der Waals surface area contributed by atoms with Crippen molar-refractivity contribution in [3.8, 4) is 5.75 Å². The maximum Gasteiger partial charge on any atom is 0.233 e. The summed E-state index contributed by atoms with van der Waals surface area (Å²) >= 11 is 3.77. The molecule has 0 unspecified atom stereocenters. The number of methoxy groups -OCH3 is 1. The molecule has 2 N–H and O–H groups in total. The second-order valence-electron chi connectivity index (χ2n) is 5.10. The normalized spacial score (nSPS) is 10.6. The average molecular weight is 417 g/mol. The molecular weight excluding hydrogens is 399 g/mol. The van der Waals surface area contributed by atoms with Gasteiger partial charge in [-0.1, -0.05) is 40.9 Å². The summed E-state index contributed by atoms with van der Waals surface area (Å²) in [6.07, 6.45) is 0. The summed E-state index contributed by atoms with van der Waals surface area (Å²) in [5.41, 5.74) is 5.75. The molecule has 1 aromatic heterocycles. The van der Waals surface area contributed by atoms with E-state index in [9.17, 15) is 14.0 Å². The van der Waals surface area contributed by atoms with E-state index >= 15 is 0 Å². The van der Waals surface area contributed by atoms with E-state index in [1.165, 1.54) is 59.0 Å². The van der Waals surface area contributed by atoms with Crippen molar-refractivity contribution in [1.82, 2.24) is 15.1 Å². The Morgan fingerprint density at radius 2 is 1.92 bits per heavy atom. The largest absolute Gasteiger partial charge is 0.494 e. The fourth-order valence-corrected chi connectivity index (χ4v) is 4.55. The topological polar surface area (TPSA) is 98.4 Å². The van der Waals surface area contributed by atoms with Crippen molar-refractivity contribution in [2.45, 2.75) is 15.2 Å². The Bertz CT molecular complexity index is 787. The van der Waals surface area contributed by atoms with Gasteiger partial charge in [-0.3, -0.25) is 9.59 Å². The molecule has 11 heteroatoms. The monoisotopic (exact) mass is 416 g/mol. The van der Waals surface area contributed by atoms with Crippen LogP contribution in [0.5, 0.6) is 5.75 Å². The molecule has 7 nitrogen and oxygen atoms in total. The first-order valence-electron chi connectivity index (χ1n) is 7.33. The van der Waals surface area contributed by atoms with Crippen LogP contribution in [0, 0.1) is 5.82 Å². The molecule has 0 saturated carbocycles. The first kappa shape index (κ1) is 20.5. The second kappa shape index (κ2) is 9.74. The van der Waals surface area contributed by atoms with Crippen LogP contribution in [0.4, 0.5) is 4.39 Å². The molecule has 0 aliphatic heterocycles. The van der Waals surface area contributed by atoms with Gasteiger partial charge in [0.25, 0.3) is 0 Å². The van der Waals surface area contributed by atoms with Gasteiger partial charge in [-0.2, -0.15) is 0 Å². The minimum absolute atomic E-state index is 0.118. The van der Waals surface area contributed by atoms with Crippen molar-refractivity contribution in [2.24, 2.45) is 5.73 Å². The molecule has 0 atom stereocenters. The van der Waals surface area contributed by atoms with Gasteiger partial charge in [0.15, 0.2) is 20.2 Å². The van der Waals surface area contributed by atoms with Crippen LogP contribution in [-0.4, -0.2) is 52.6 Å². The van der Waals surface area contributed by atoms with Crippen LogP contribution in [0.2, 0.25) is 0 Å². The highest BCUT2D eigenvalue weighted by atomic mass is 32.2. The van der Waals surface area contributed by atoms with Crippen molar-refractivity contribution in [2.75, 3.05) is 25.7 Å². The predicted octanol–water partition coefficient (Wildman–Crippen LogP) is 2.01. The van der Waals surface area contributed by atoms with Gasteiger partial charge in [0, 0.05) is 13.6 Å². The van der Waals surface area contributed by atoms with Crippen LogP contribution in [0.1, 0.15) is 5.56 Å². The lowest BCUT2D eigenvalue weighted by molar-refractivity contribution is -0.127. The Kier molecular flexibility index (Phi) is 7.66. The first-order valence-corrected chi connectivity index (χ1v) is 10.1. The Balaban J connectivity index is 1.83. The van der Waals surface area contributed by atoms with Crippen LogP contribution >= 0.6 is 34.9 Å². The van der Waals surface area contributed by atoms with Crippen molar-refractivity contribution < 1.29 is 18.7 Å². The molecule has 1 aromatic carbocycles. The number of nitrogens with zero attached hydrogens (tertiary/aromatic N) is 3. The summed E-state index contributed by atoms with van der Waals surface area (Å²) in [6.45, 7) is 0.288. The number of benzene rings is 1. The molecule has 0 spiro atoms. The summed E-state index contributed by atoms with van der Waals surface area (Å²) in [5, 5.41) is 7.89. The van der Waals surface area contributed by atoms with Crippen molar-refractivity contribution in [1.29, 1.82) is 0 Å². The number of amides is 2. The van der Waals surface area contributed by atoms with Gasteiger partial charge in [0.05, 0.1) is 18.6 Å². The summed E-state index contributed by atoms with van der Waals surface area (Å²) < 4.78 is 19.8. The lowest BCUT2D eigenvalue weighted by atomic mass is 10.2. The van der Waals surface area contributed by atoms with Crippen LogP contribution in [0.25, 0.3) is 0 Å². The molecule has 0 bridgehead atoms. The van der Waals surface area contributed by atoms with E-state index in [4.69, 9.17) is 10.5 Å². The SMILES string of the molecule is COc1ccc(CN(C)C(=O)CSc2nnc(SCC(N)=O)s2)cc1F. The smallest absolute Gasteiger partial charge is 0.233 e. The third kappa shape index (κ3) is 6.15. The number of rotatable bonds is 9. The maximum atomic E-state index is 13.7. The van der Waals surface area contributed by atoms with E-state index in [-0.39, 0.29) is 29.7 Å². The van der Waals surface area contributed by atoms with Crippen molar-refractivity contribution in [3.05, 3.63) is 29.6 Å². The number of thioether (sulfide) groups is 2. The third-order valence-electron chi connectivity index (χ3n) is 3.11. The van der Waals surface area contributed by atoms with Gasteiger partial charge in [-0.05, 0) is 17.7 Å². The van der Waals surface area contributed by atoms with Gasteiger partial charge in [-0.15, -0.1) is 10.2 Å². The van der Waals surface area contributed by atoms with Crippen LogP contribution in [0.3, 0.4) is 0 Å². The minimum Gasteiger partial charge on any atom is -0.494 e. The quantitative estimate of drug-likeness (QED) is 0.624. The number of hydrogen-bond acceptors (Lipinski definition) is 8. The van der Waals surface area contributed by atoms with E-state index in [0.29, 0.717) is 14.2 Å². The summed E-state index contributed by atoms with van der Waals surface area (Å²) in [5.74, 6) is -0.516. The number of hydrogen-bond donors (Lipinski definition) is 1. The molecule has 0 aliphatic carbocycles. The molecule has 1 heterocycles. The second-order valence-corrected chi connectivity index (χ2v) is 8.52. The van der Waals surface area contributed by atoms with Crippen molar-refractivity contribution in [3.63, 3.8) is 0 Å². The number of aromatic nitrogens is 2. The average Bonchev–Trinajstić information content (AvgIpc) is 3.06. The van der Waals surface area contributed by atoms with E-state index in [0.717, 1.165) is 0 Å². The molecule has 2 amide bonds. The van der Waals surface area contributed by atoms with Crippen LogP contribution in [-0.2, 0) is 16.1 Å². The Hall–Kier alpha value is -1.85. The molecule has 0 fully saturated rings. The fraction of sp³-hybridized carbons (Fsp3) is 0.333. The predicted molar refractivity (Wildman–Crippen MR) is 100.0 cm³/mol. The summed E-state index contributed by atoms with van der Waals surface area (Å²) in [4.78, 5) is 24.5. The van der Waals surface area contributed by atoms with E-state index in [2.05, 4.69) is 10.2 Å². The molecule has 2 rings (SSSR count). The number of carbonyl (C=O) groups excluding carboxylic acids is 2. The standard InChI is InChI=1S/C15H17FN4O3S3/c1-20(6-9-3-4-11(23-2)10(16)5-9)13(22)8-25-15-19-18-14(26-15)24-7-12(17)21/h3-5H,6-8H2,1-2H3,(H2,17,21). The van der Waals surface area contributed by atoms with Crippen LogP contribution in [0.15, 0.2) is 26.9 Å². The molecule has 0 saturated heterocycles. The molecule has 140 valence electrons. The van der Waals surface area contributed by atoms with E-state index in [1.807, 2.05) is 0 Å². The lowest BCUT2D eigenvalue weighted by Crippen LogP contribution is -2.27. The van der Waals surface area contributed by atoms with Crippen LogP contribution < -0.4 is 10.5 Å². The number of carbonyl (C=O) groups is 2. The van der Waals surface area contributed by atoms with Gasteiger partial charge < -0.3 is 15.4 Å². The number of primary amides is 1. The molecule has 0 aliphatic rings. The fourth-order valence-electron chi connectivity index (χ4n) is 1.85. The molecule has 0 radical (unpaired) electrons. The first-order chi connectivity index (χ1) is 12.4. The Labute approximate surface area is 162 Å². The third-order valence-corrected chi connectivity index (χ3v) is 6.30.